The average Bonchev–Trinajstić information content (AvgIpc) is 2.46. The Balaban J connectivity index is 0.00000200. The van der Waals surface area contributed by atoms with Gasteiger partial charge in [0.1, 0.15) is 5.75 Å². The van der Waals surface area contributed by atoms with Crippen molar-refractivity contribution < 1.29 is 9.53 Å². The number of hydrogen-bond donors (Lipinski definition) is 1. The minimum atomic E-state index is -0.688. The van der Waals surface area contributed by atoms with E-state index in [0.717, 1.165) is 11.3 Å². The van der Waals surface area contributed by atoms with Crippen LogP contribution in [0.2, 0.25) is 5.02 Å². The summed E-state index contributed by atoms with van der Waals surface area (Å²) < 4.78 is 5.07. The molecular formula is C15H15Cl2NO2. The Labute approximate surface area is 129 Å². The Bertz CT molecular complexity index is 567. The van der Waals surface area contributed by atoms with Gasteiger partial charge in [-0.2, -0.15) is 0 Å². The number of halogens is 2. The number of hydrogen-bond acceptors (Lipinski definition) is 3. The zero-order valence-corrected chi connectivity index (χ0v) is 12.4. The van der Waals surface area contributed by atoms with Crippen molar-refractivity contribution in [3.8, 4) is 5.75 Å². The third-order valence-corrected chi connectivity index (χ3v) is 3.14. The van der Waals surface area contributed by atoms with Crippen LogP contribution in [0.25, 0.3) is 0 Å². The average molecular weight is 312 g/mol. The molecule has 0 bridgehead atoms. The van der Waals surface area contributed by atoms with Crippen LogP contribution in [-0.2, 0) is 0 Å². The van der Waals surface area contributed by atoms with Crippen molar-refractivity contribution in [3.05, 3.63) is 64.7 Å². The van der Waals surface area contributed by atoms with Crippen molar-refractivity contribution in [2.24, 2.45) is 5.73 Å². The zero-order chi connectivity index (χ0) is 13.8. The molecule has 0 aromatic heterocycles. The van der Waals surface area contributed by atoms with E-state index in [1.54, 1.807) is 55.6 Å². The van der Waals surface area contributed by atoms with Crippen molar-refractivity contribution in [3.63, 3.8) is 0 Å². The SMILES string of the molecule is COc1ccc(C(N)C(=O)c2ccc(Cl)cc2)cc1.Cl. The molecule has 2 aromatic carbocycles. The lowest BCUT2D eigenvalue weighted by atomic mass is 9.98. The lowest BCUT2D eigenvalue weighted by Gasteiger charge is -2.11. The van der Waals surface area contributed by atoms with Crippen LogP contribution in [-0.4, -0.2) is 12.9 Å². The summed E-state index contributed by atoms with van der Waals surface area (Å²) in [4.78, 5) is 12.2. The summed E-state index contributed by atoms with van der Waals surface area (Å²) in [6.45, 7) is 0. The van der Waals surface area contributed by atoms with Gasteiger partial charge in [-0.3, -0.25) is 4.79 Å². The summed E-state index contributed by atoms with van der Waals surface area (Å²) in [7, 11) is 1.59. The number of nitrogens with two attached hydrogens (primary N) is 1. The molecule has 106 valence electrons. The van der Waals surface area contributed by atoms with E-state index in [1.807, 2.05) is 0 Å². The smallest absolute Gasteiger partial charge is 0.184 e. The van der Waals surface area contributed by atoms with E-state index in [2.05, 4.69) is 0 Å². The first-order chi connectivity index (χ1) is 9.11. The van der Waals surface area contributed by atoms with Crippen molar-refractivity contribution >= 4 is 29.8 Å². The molecule has 1 atom stereocenters. The second-order valence-electron chi connectivity index (χ2n) is 4.12. The minimum absolute atomic E-state index is 0. The Morgan fingerprint density at radius 1 is 1.10 bits per heavy atom. The molecular weight excluding hydrogens is 297 g/mol. The van der Waals surface area contributed by atoms with Crippen LogP contribution < -0.4 is 10.5 Å². The van der Waals surface area contributed by atoms with Crippen LogP contribution in [0.15, 0.2) is 48.5 Å². The molecule has 0 radical (unpaired) electrons. The maximum Gasteiger partial charge on any atom is 0.184 e. The Morgan fingerprint density at radius 2 is 1.65 bits per heavy atom. The standard InChI is InChI=1S/C15H14ClNO2.ClH/c1-19-13-8-4-10(5-9-13)14(17)15(18)11-2-6-12(16)7-3-11;/h2-9,14H,17H2,1H3;1H. The molecule has 0 fully saturated rings. The monoisotopic (exact) mass is 311 g/mol. The van der Waals surface area contributed by atoms with Crippen LogP contribution in [0.1, 0.15) is 22.0 Å². The Hall–Kier alpha value is -1.55. The second kappa shape index (κ2) is 7.29. The van der Waals surface area contributed by atoms with Gasteiger partial charge in [-0.25, -0.2) is 0 Å². The molecule has 20 heavy (non-hydrogen) atoms. The highest BCUT2D eigenvalue weighted by atomic mass is 35.5. The van der Waals surface area contributed by atoms with E-state index in [-0.39, 0.29) is 18.2 Å². The zero-order valence-electron chi connectivity index (χ0n) is 10.9. The Kier molecular flexibility index (Phi) is 6.02. The first-order valence-electron chi connectivity index (χ1n) is 5.81. The number of benzene rings is 2. The largest absolute Gasteiger partial charge is 0.497 e. The van der Waals surface area contributed by atoms with E-state index < -0.39 is 6.04 Å². The van der Waals surface area contributed by atoms with Crippen molar-refractivity contribution in [1.82, 2.24) is 0 Å². The summed E-state index contributed by atoms with van der Waals surface area (Å²) in [5.41, 5.74) is 7.28. The van der Waals surface area contributed by atoms with E-state index in [4.69, 9.17) is 22.1 Å². The van der Waals surface area contributed by atoms with Crippen molar-refractivity contribution in [2.75, 3.05) is 7.11 Å². The summed E-state index contributed by atoms with van der Waals surface area (Å²) in [5.74, 6) is 0.594. The number of carbonyl (C=O) groups is 1. The fourth-order valence-corrected chi connectivity index (χ4v) is 1.88. The molecule has 2 rings (SSSR count). The molecule has 0 aliphatic rings. The van der Waals surface area contributed by atoms with Gasteiger partial charge in [0.15, 0.2) is 5.78 Å². The fraction of sp³-hybridized carbons (Fsp3) is 0.133. The summed E-state index contributed by atoms with van der Waals surface area (Å²) >= 11 is 5.79. The van der Waals surface area contributed by atoms with Gasteiger partial charge in [0, 0.05) is 10.6 Å². The van der Waals surface area contributed by atoms with Gasteiger partial charge in [0.2, 0.25) is 0 Å². The van der Waals surface area contributed by atoms with Gasteiger partial charge < -0.3 is 10.5 Å². The molecule has 2 aromatic rings. The molecule has 5 heteroatoms. The predicted octanol–water partition coefficient (Wildman–Crippen LogP) is 3.65. The molecule has 0 amide bonds. The number of rotatable bonds is 4. The first-order valence-corrected chi connectivity index (χ1v) is 6.19. The van der Waals surface area contributed by atoms with Gasteiger partial charge in [0.25, 0.3) is 0 Å². The van der Waals surface area contributed by atoms with Crippen molar-refractivity contribution in [1.29, 1.82) is 0 Å². The molecule has 0 aliphatic carbocycles. The normalized spacial score (nSPS) is 11.3. The summed E-state index contributed by atoms with van der Waals surface area (Å²) in [6.07, 6.45) is 0. The quantitative estimate of drug-likeness (QED) is 0.877. The van der Waals surface area contributed by atoms with Crippen LogP contribution in [0.4, 0.5) is 0 Å². The molecule has 0 aliphatic heterocycles. The molecule has 3 nitrogen and oxygen atoms in total. The lowest BCUT2D eigenvalue weighted by molar-refractivity contribution is 0.0961. The van der Waals surface area contributed by atoms with Gasteiger partial charge in [0.05, 0.1) is 13.2 Å². The highest BCUT2D eigenvalue weighted by molar-refractivity contribution is 6.30. The number of Topliss-reactive ketones (excluding diaryl/α,β-unsaturated/α-hetero) is 1. The van der Waals surface area contributed by atoms with Crippen molar-refractivity contribution in [2.45, 2.75) is 6.04 Å². The lowest BCUT2D eigenvalue weighted by Crippen LogP contribution is -2.21. The highest BCUT2D eigenvalue weighted by Gasteiger charge is 2.17. The Morgan fingerprint density at radius 3 is 2.15 bits per heavy atom. The fourth-order valence-electron chi connectivity index (χ4n) is 1.76. The number of carbonyl (C=O) groups excluding carboxylic acids is 1. The summed E-state index contributed by atoms with van der Waals surface area (Å²) in [5, 5.41) is 0.592. The van der Waals surface area contributed by atoms with Gasteiger partial charge in [-0.05, 0) is 42.0 Å². The predicted molar refractivity (Wildman–Crippen MR) is 83.0 cm³/mol. The van der Waals surface area contributed by atoms with Crippen LogP contribution in [0.3, 0.4) is 0 Å². The number of ketones is 1. The van der Waals surface area contributed by atoms with E-state index >= 15 is 0 Å². The van der Waals surface area contributed by atoms with Gasteiger partial charge in [-0.15, -0.1) is 12.4 Å². The molecule has 0 saturated heterocycles. The molecule has 1 unspecified atom stereocenters. The minimum Gasteiger partial charge on any atom is -0.497 e. The van der Waals surface area contributed by atoms with E-state index in [0.29, 0.717) is 10.6 Å². The first kappa shape index (κ1) is 16.5. The van der Waals surface area contributed by atoms with Crippen LogP contribution in [0.5, 0.6) is 5.75 Å². The molecule has 2 N–H and O–H groups in total. The third-order valence-electron chi connectivity index (χ3n) is 2.89. The second-order valence-corrected chi connectivity index (χ2v) is 4.56. The third kappa shape index (κ3) is 3.73. The number of methoxy groups -OCH3 is 1. The van der Waals surface area contributed by atoms with E-state index in [1.165, 1.54) is 0 Å². The molecule has 0 spiro atoms. The topological polar surface area (TPSA) is 52.3 Å². The van der Waals surface area contributed by atoms with Crippen LogP contribution >= 0.6 is 24.0 Å². The maximum absolute atomic E-state index is 12.2. The van der Waals surface area contributed by atoms with E-state index in [9.17, 15) is 4.79 Å². The highest BCUT2D eigenvalue weighted by Crippen LogP contribution is 2.20. The van der Waals surface area contributed by atoms with Crippen LogP contribution in [0, 0.1) is 0 Å². The number of ether oxygens (including phenoxy) is 1. The summed E-state index contributed by atoms with van der Waals surface area (Å²) in [6, 6.07) is 13.2. The van der Waals surface area contributed by atoms with Gasteiger partial charge >= 0.3 is 0 Å². The maximum atomic E-state index is 12.2. The van der Waals surface area contributed by atoms with Gasteiger partial charge in [-0.1, -0.05) is 23.7 Å². The molecule has 0 saturated carbocycles. The molecule has 0 heterocycles.